The second-order valence-electron chi connectivity index (χ2n) is 7.64. The lowest BCUT2D eigenvalue weighted by molar-refractivity contribution is -0.122. The van der Waals surface area contributed by atoms with Crippen molar-refractivity contribution in [2.75, 3.05) is 7.05 Å². The second kappa shape index (κ2) is 9.30. The van der Waals surface area contributed by atoms with E-state index in [-0.39, 0.29) is 17.9 Å². The number of hydrogen-bond donors (Lipinski definition) is 2. The maximum Gasteiger partial charge on any atom is 0.251 e. The monoisotopic (exact) mass is 411 g/mol. The SMILES string of the molecule is CN1C=CC2=CC1C(NC(=O)C(Cc1ccccc1)NC(=O)c1ccccc1)=CC=C2. The van der Waals surface area contributed by atoms with E-state index >= 15 is 0 Å². The third-order valence-electron chi connectivity index (χ3n) is 5.38. The van der Waals surface area contributed by atoms with Crippen molar-refractivity contribution in [3.8, 4) is 0 Å². The molecule has 0 aromatic heterocycles. The Labute approximate surface area is 182 Å². The van der Waals surface area contributed by atoms with Crippen LogP contribution in [-0.2, 0) is 11.2 Å². The summed E-state index contributed by atoms with van der Waals surface area (Å²) in [7, 11) is 1.97. The van der Waals surface area contributed by atoms with Gasteiger partial charge in [0, 0.05) is 30.9 Å². The summed E-state index contributed by atoms with van der Waals surface area (Å²) in [5, 5.41) is 5.97. The Morgan fingerprint density at radius 3 is 2.45 bits per heavy atom. The zero-order valence-electron chi connectivity index (χ0n) is 17.4. The fraction of sp³-hybridized carbons (Fsp3) is 0.154. The van der Waals surface area contributed by atoms with Crippen molar-refractivity contribution < 1.29 is 9.59 Å². The summed E-state index contributed by atoms with van der Waals surface area (Å²) in [6.07, 6.45) is 12.4. The molecule has 5 nitrogen and oxygen atoms in total. The molecule has 2 aromatic rings. The van der Waals surface area contributed by atoms with Gasteiger partial charge in [-0.15, -0.1) is 0 Å². The first-order valence-corrected chi connectivity index (χ1v) is 10.3. The fourth-order valence-electron chi connectivity index (χ4n) is 3.67. The number of hydrogen-bond acceptors (Lipinski definition) is 3. The first-order valence-electron chi connectivity index (χ1n) is 10.3. The van der Waals surface area contributed by atoms with Crippen molar-refractivity contribution in [2.24, 2.45) is 0 Å². The van der Waals surface area contributed by atoms with Gasteiger partial charge in [-0.3, -0.25) is 9.59 Å². The average molecular weight is 412 g/mol. The molecule has 0 radical (unpaired) electrons. The summed E-state index contributed by atoms with van der Waals surface area (Å²) < 4.78 is 0. The molecule has 2 atom stereocenters. The van der Waals surface area contributed by atoms with E-state index < -0.39 is 6.04 Å². The number of benzene rings is 2. The standard InChI is InChI=1S/C26H25N3O2/c1-29-16-15-20-11-8-14-22(24(29)18-20)27-26(31)23(17-19-9-4-2-5-10-19)28-25(30)21-12-6-3-7-13-21/h2-16,18,23-24H,17H2,1H3,(H,27,31)(H,28,30). The number of amides is 2. The lowest BCUT2D eigenvalue weighted by Crippen LogP contribution is -2.49. The minimum Gasteiger partial charge on any atom is -0.368 e. The average Bonchev–Trinajstić information content (AvgIpc) is 2.96. The maximum absolute atomic E-state index is 13.3. The molecule has 0 saturated heterocycles. The van der Waals surface area contributed by atoms with E-state index in [0.717, 1.165) is 16.8 Å². The number of fused-ring (bicyclic) bond motifs is 1. The number of nitrogens with one attached hydrogen (secondary N) is 2. The van der Waals surface area contributed by atoms with Crippen LogP contribution in [0.25, 0.3) is 0 Å². The number of carbonyl (C=O) groups is 2. The van der Waals surface area contributed by atoms with Gasteiger partial charge in [0.1, 0.15) is 6.04 Å². The summed E-state index contributed by atoms with van der Waals surface area (Å²) in [5.41, 5.74) is 3.37. The van der Waals surface area contributed by atoms with Crippen molar-refractivity contribution in [3.63, 3.8) is 0 Å². The molecule has 1 aliphatic carbocycles. The first-order chi connectivity index (χ1) is 15.1. The summed E-state index contributed by atoms with van der Waals surface area (Å²) >= 11 is 0. The van der Waals surface area contributed by atoms with Crippen LogP contribution < -0.4 is 10.6 Å². The Bertz CT molecular complexity index is 1070. The van der Waals surface area contributed by atoms with Gasteiger partial charge in [-0.05, 0) is 41.5 Å². The van der Waals surface area contributed by atoms with Gasteiger partial charge in [-0.2, -0.15) is 0 Å². The van der Waals surface area contributed by atoms with E-state index in [1.165, 1.54) is 0 Å². The van der Waals surface area contributed by atoms with E-state index in [2.05, 4.69) is 16.7 Å². The van der Waals surface area contributed by atoms with Crippen LogP contribution in [0.5, 0.6) is 0 Å². The van der Waals surface area contributed by atoms with Crippen LogP contribution >= 0.6 is 0 Å². The summed E-state index contributed by atoms with van der Waals surface area (Å²) in [5.74, 6) is -0.515. The third-order valence-corrected chi connectivity index (χ3v) is 5.38. The predicted octanol–water partition coefficient (Wildman–Crippen LogP) is 3.35. The first kappa shape index (κ1) is 20.4. The normalized spacial score (nSPS) is 17.8. The molecule has 0 spiro atoms. The molecule has 1 aliphatic heterocycles. The molecule has 31 heavy (non-hydrogen) atoms. The molecule has 2 aliphatic rings. The molecule has 4 rings (SSSR count). The topological polar surface area (TPSA) is 61.4 Å². The van der Waals surface area contributed by atoms with E-state index in [9.17, 15) is 9.59 Å². The lowest BCUT2D eigenvalue weighted by atomic mass is 10.0. The van der Waals surface area contributed by atoms with Crippen LogP contribution in [-0.4, -0.2) is 35.8 Å². The van der Waals surface area contributed by atoms with Gasteiger partial charge in [0.05, 0.1) is 6.04 Å². The van der Waals surface area contributed by atoms with Gasteiger partial charge in [0.2, 0.25) is 5.91 Å². The van der Waals surface area contributed by atoms with E-state index in [4.69, 9.17) is 0 Å². The Morgan fingerprint density at radius 2 is 1.71 bits per heavy atom. The summed E-state index contributed by atoms with van der Waals surface area (Å²) in [4.78, 5) is 28.1. The molecule has 2 bridgehead atoms. The number of nitrogens with zero attached hydrogens (tertiary/aromatic N) is 1. The molecule has 2 amide bonds. The van der Waals surface area contributed by atoms with Gasteiger partial charge in [0.25, 0.3) is 5.91 Å². The molecule has 0 fully saturated rings. The van der Waals surface area contributed by atoms with Crippen molar-refractivity contribution >= 4 is 11.8 Å². The van der Waals surface area contributed by atoms with Crippen LogP contribution in [0.15, 0.2) is 109 Å². The highest BCUT2D eigenvalue weighted by Gasteiger charge is 2.26. The van der Waals surface area contributed by atoms with Crippen LogP contribution in [0.4, 0.5) is 0 Å². The highest BCUT2D eigenvalue weighted by atomic mass is 16.2. The molecular formula is C26H25N3O2. The zero-order valence-corrected chi connectivity index (χ0v) is 17.4. The summed E-state index contributed by atoms with van der Waals surface area (Å²) in [6, 6.07) is 17.9. The zero-order chi connectivity index (χ0) is 21.6. The quantitative estimate of drug-likeness (QED) is 0.766. The predicted molar refractivity (Wildman–Crippen MR) is 122 cm³/mol. The van der Waals surface area contributed by atoms with Crippen molar-refractivity contribution in [1.82, 2.24) is 15.5 Å². The Kier molecular flexibility index (Phi) is 6.13. The Hall–Kier alpha value is -3.86. The molecule has 2 unspecified atom stereocenters. The molecule has 156 valence electrons. The van der Waals surface area contributed by atoms with E-state index in [1.54, 1.807) is 24.3 Å². The van der Waals surface area contributed by atoms with Crippen molar-refractivity contribution in [2.45, 2.75) is 18.5 Å². The maximum atomic E-state index is 13.3. The highest BCUT2D eigenvalue weighted by Crippen LogP contribution is 2.21. The lowest BCUT2D eigenvalue weighted by Gasteiger charge is -2.30. The van der Waals surface area contributed by atoms with Gasteiger partial charge in [0.15, 0.2) is 0 Å². The van der Waals surface area contributed by atoms with Crippen LogP contribution in [0.1, 0.15) is 15.9 Å². The number of rotatable bonds is 6. The molecule has 2 N–H and O–H groups in total. The largest absolute Gasteiger partial charge is 0.368 e. The Morgan fingerprint density at radius 1 is 1.00 bits per heavy atom. The second-order valence-corrected chi connectivity index (χ2v) is 7.64. The van der Waals surface area contributed by atoms with Gasteiger partial charge in [-0.1, -0.05) is 60.7 Å². The molecule has 5 heteroatoms. The minimum absolute atomic E-state index is 0.0684. The van der Waals surface area contributed by atoms with Crippen molar-refractivity contribution in [1.29, 1.82) is 0 Å². The number of allylic oxidation sites excluding steroid dienone is 5. The third kappa shape index (κ3) is 5.01. The molecule has 1 heterocycles. The van der Waals surface area contributed by atoms with E-state index in [0.29, 0.717) is 12.0 Å². The van der Waals surface area contributed by atoms with Crippen molar-refractivity contribution in [3.05, 3.63) is 120 Å². The summed E-state index contributed by atoms with van der Waals surface area (Å²) in [6.45, 7) is 0. The van der Waals surface area contributed by atoms with Gasteiger partial charge in [-0.25, -0.2) is 0 Å². The Balaban J connectivity index is 1.54. The van der Waals surface area contributed by atoms with Gasteiger partial charge < -0.3 is 15.5 Å². The molecule has 2 aromatic carbocycles. The fourth-order valence-corrected chi connectivity index (χ4v) is 3.67. The van der Waals surface area contributed by atoms with Crippen LogP contribution in [0, 0.1) is 0 Å². The molecular weight excluding hydrogens is 386 g/mol. The number of carbonyl (C=O) groups excluding carboxylic acids is 2. The van der Waals surface area contributed by atoms with Crippen LogP contribution in [0.3, 0.4) is 0 Å². The molecule has 0 saturated carbocycles. The van der Waals surface area contributed by atoms with Crippen LogP contribution in [0.2, 0.25) is 0 Å². The number of likely N-dealkylation sites (N-methyl/N-ethyl adjacent to an activating group) is 1. The highest BCUT2D eigenvalue weighted by molar-refractivity contribution is 5.97. The minimum atomic E-state index is -0.712. The smallest absolute Gasteiger partial charge is 0.251 e. The van der Waals surface area contributed by atoms with Gasteiger partial charge >= 0.3 is 0 Å². The van der Waals surface area contributed by atoms with E-state index in [1.807, 2.05) is 78.8 Å².